The summed E-state index contributed by atoms with van der Waals surface area (Å²) in [5.41, 5.74) is 11.9. The molecule has 8 aromatic carbocycles. The fourth-order valence-electron chi connectivity index (χ4n) is 8.21. The summed E-state index contributed by atoms with van der Waals surface area (Å²) in [7, 11) is 0. The quantitative estimate of drug-likeness (QED) is 0.172. The number of fused-ring (bicyclic) bond motifs is 7. The zero-order valence-corrected chi connectivity index (χ0v) is 30.3. The van der Waals surface area contributed by atoms with Crippen LogP contribution in [0.25, 0.3) is 100 Å². The van der Waals surface area contributed by atoms with Gasteiger partial charge in [0.25, 0.3) is 0 Å². The number of para-hydroxylation sites is 2. The van der Waals surface area contributed by atoms with E-state index in [0.29, 0.717) is 17.5 Å². The van der Waals surface area contributed by atoms with Crippen molar-refractivity contribution in [2.45, 2.75) is 0 Å². The van der Waals surface area contributed by atoms with Crippen molar-refractivity contribution in [3.8, 4) is 56.7 Å². The molecule has 262 valence electrons. The highest BCUT2D eigenvalue weighted by atomic mass is 15.1. The molecular formula is C51H33N5. The number of rotatable bonds is 6. The maximum absolute atomic E-state index is 5.08. The molecule has 56 heavy (non-hydrogen) atoms. The Balaban J connectivity index is 1.19. The van der Waals surface area contributed by atoms with Crippen molar-refractivity contribution in [2.75, 3.05) is 0 Å². The molecule has 0 N–H and O–H groups in total. The Bertz CT molecular complexity index is 3180. The third kappa shape index (κ3) is 5.21. The summed E-state index contributed by atoms with van der Waals surface area (Å²) in [5.74, 6) is 1.90. The first-order chi connectivity index (χ1) is 27.8. The molecule has 0 radical (unpaired) electrons. The van der Waals surface area contributed by atoms with Crippen LogP contribution in [0, 0.1) is 0 Å². The van der Waals surface area contributed by atoms with Gasteiger partial charge in [-0.05, 0) is 47.5 Å². The Morgan fingerprint density at radius 2 is 0.643 bits per heavy atom. The van der Waals surface area contributed by atoms with E-state index in [4.69, 9.17) is 15.0 Å². The summed E-state index contributed by atoms with van der Waals surface area (Å²) in [6, 6.07) is 70.4. The van der Waals surface area contributed by atoms with Crippen molar-refractivity contribution >= 4 is 43.6 Å². The van der Waals surface area contributed by atoms with Crippen LogP contribution in [-0.2, 0) is 0 Å². The minimum atomic E-state index is 0.623. The Hall–Kier alpha value is -7.63. The van der Waals surface area contributed by atoms with Gasteiger partial charge in [-0.15, -0.1) is 0 Å². The molecule has 0 atom stereocenters. The lowest BCUT2D eigenvalue weighted by Crippen LogP contribution is -2.01. The molecule has 0 bridgehead atoms. The monoisotopic (exact) mass is 715 g/mol. The average Bonchev–Trinajstić information content (AvgIpc) is 3.80. The Labute approximate surface area is 323 Å². The van der Waals surface area contributed by atoms with Gasteiger partial charge in [-0.2, -0.15) is 0 Å². The number of aromatic nitrogens is 5. The molecule has 0 fully saturated rings. The van der Waals surface area contributed by atoms with Crippen molar-refractivity contribution in [2.24, 2.45) is 0 Å². The first-order valence-electron chi connectivity index (χ1n) is 18.9. The van der Waals surface area contributed by atoms with Crippen LogP contribution in [0.15, 0.2) is 200 Å². The minimum absolute atomic E-state index is 0.623. The predicted octanol–water partition coefficient (Wildman–Crippen LogP) is 12.7. The van der Waals surface area contributed by atoms with Crippen molar-refractivity contribution in [3.05, 3.63) is 200 Å². The summed E-state index contributed by atoms with van der Waals surface area (Å²) in [6.07, 6.45) is 0. The molecule has 0 unspecified atom stereocenters. The van der Waals surface area contributed by atoms with Crippen LogP contribution in [-0.4, -0.2) is 24.1 Å². The highest BCUT2D eigenvalue weighted by Gasteiger charge is 2.22. The summed E-state index contributed by atoms with van der Waals surface area (Å²) in [4.78, 5) is 15.1. The molecule has 0 saturated carbocycles. The number of benzene rings is 8. The van der Waals surface area contributed by atoms with Crippen LogP contribution in [0.1, 0.15) is 0 Å². The van der Waals surface area contributed by atoms with Gasteiger partial charge < -0.3 is 9.13 Å². The lowest BCUT2D eigenvalue weighted by atomic mass is 10.1. The van der Waals surface area contributed by atoms with Gasteiger partial charge in [0.1, 0.15) is 0 Å². The molecule has 3 heterocycles. The normalized spacial score (nSPS) is 11.6. The third-order valence-corrected chi connectivity index (χ3v) is 10.7. The van der Waals surface area contributed by atoms with E-state index in [1.54, 1.807) is 0 Å². The zero-order valence-electron chi connectivity index (χ0n) is 30.3. The van der Waals surface area contributed by atoms with Crippen molar-refractivity contribution < 1.29 is 0 Å². The number of nitrogens with zero attached hydrogens (tertiary/aromatic N) is 5. The Kier molecular flexibility index (Phi) is 7.42. The lowest BCUT2D eigenvalue weighted by Gasteiger charge is -2.14. The van der Waals surface area contributed by atoms with E-state index >= 15 is 0 Å². The highest BCUT2D eigenvalue weighted by Crippen LogP contribution is 2.42. The van der Waals surface area contributed by atoms with E-state index in [0.717, 1.165) is 50.1 Å². The summed E-state index contributed by atoms with van der Waals surface area (Å²) >= 11 is 0. The molecule has 0 aliphatic rings. The second kappa shape index (κ2) is 13.0. The van der Waals surface area contributed by atoms with Gasteiger partial charge in [0.15, 0.2) is 17.5 Å². The predicted molar refractivity (Wildman–Crippen MR) is 230 cm³/mol. The van der Waals surface area contributed by atoms with Crippen molar-refractivity contribution in [3.63, 3.8) is 0 Å². The Morgan fingerprint density at radius 1 is 0.268 bits per heavy atom. The van der Waals surface area contributed by atoms with Crippen LogP contribution < -0.4 is 0 Å². The molecule has 0 saturated heterocycles. The van der Waals surface area contributed by atoms with Crippen LogP contribution in [0.2, 0.25) is 0 Å². The molecular weight excluding hydrogens is 683 g/mol. The molecule has 11 aromatic rings. The smallest absolute Gasteiger partial charge is 0.164 e. The second-order valence-electron chi connectivity index (χ2n) is 14.1. The molecule has 3 aromatic heterocycles. The molecule has 0 aliphatic carbocycles. The largest absolute Gasteiger partial charge is 0.307 e. The lowest BCUT2D eigenvalue weighted by molar-refractivity contribution is 1.07. The standard InChI is InChI=1S/C51H33N5/c1-4-16-34(17-5-1)37-22-14-24-39(32-37)55-45-28-12-10-26-41(45)43-30-31-44-42-27-11-13-29-46(42)56(48(44)47(43)55)40-25-15-23-38(33-40)51-53-49(35-18-6-2-7-19-35)52-50(54-51)36-20-8-3-9-21-36/h1-33H. The SMILES string of the molecule is c1ccc(-c2cccc(-n3c4ccccc4c4ccc5c6ccccc6n(-c6cccc(-c7nc(-c8ccccc8)nc(-c8ccccc8)n7)c6)c5c43)c2)cc1. The van der Waals surface area contributed by atoms with Gasteiger partial charge in [0, 0.05) is 49.6 Å². The molecule has 0 aliphatic heterocycles. The van der Waals surface area contributed by atoms with E-state index < -0.39 is 0 Å². The number of hydrogen-bond donors (Lipinski definition) is 0. The first kappa shape index (κ1) is 31.9. The molecule has 11 rings (SSSR count). The van der Waals surface area contributed by atoms with Gasteiger partial charge in [0.05, 0.1) is 22.1 Å². The molecule has 5 nitrogen and oxygen atoms in total. The van der Waals surface area contributed by atoms with E-state index in [2.05, 4.69) is 149 Å². The van der Waals surface area contributed by atoms with Crippen molar-refractivity contribution in [1.29, 1.82) is 0 Å². The maximum atomic E-state index is 5.08. The molecule has 0 amide bonds. The second-order valence-corrected chi connectivity index (χ2v) is 14.1. The van der Waals surface area contributed by atoms with Crippen molar-refractivity contribution in [1.82, 2.24) is 24.1 Å². The maximum Gasteiger partial charge on any atom is 0.164 e. The third-order valence-electron chi connectivity index (χ3n) is 10.7. The summed E-state index contributed by atoms with van der Waals surface area (Å²) < 4.78 is 4.87. The van der Waals surface area contributed by atoms with E-state index in [1.807, 2.05) is 60.7 Å². The number of hydrogen-bond acceptors (Lipinski definition) is 3. The van der Waals surface area contributed by atoms with E-state index in [1.165, 1.54) is 32.7 Å². The van der Waals surface area contributed by atoms with Gasteiger partial charge in [-0.25, -0.2) is 15.0 Å². The minimum Gasteiger partial charge on any atom is -0.307 e. The van der Waals surface area contributed by atoms with Crippen LogP contribution in [0.3, 0.4) is 0 Å². The average molecular weight is 716 g/mol. The first-order valence-corrected chi connectivity index (χ1v) is 18.9. The summed E-state index contributed by atoms with van der Waals surface area (Å²) in [6.45, 7) is 0. The fourth-order valence-corrected chi connectivity index (χ4v) is 8.21. The van der Waals surface area contributed by atoms with Crippen LogP contribution >= 0.6 is 0 Å². The fraction of sp³-hybridized carbons (Fsp3) is 0. The van der Waals surface area contributed by atoms with E-state index in [9.17, 15) is 0 Å². The van der Waals surface area contributed by atoms with Crippen LogP contribution in [0.5, 0.6) is 0 Å². The summed E-state index contributed by atoms with van der Waals surface area (Å²) in [5, 5.41) is 4.81. The highest BCUT2D eigenvalue weighted by molar-refractivity contribution is 6.23. The Morgan fingerprint density at radius 3 is 1.14 bits per heavy atom. The van der Waals surface area contributed by atoms with Gasteiger partial charge >= 0.3 is 0 Å². The van der Waals surface area contributed by atoms with Gasteiger partial charge in [-0.1, -0.05) is 164 Å². The van der Waals surface area contributed by atoms with E-state index in [-0.39, 0.29) is 0 Å². The topological polar surface area (TPSA) is 48.5 Å². The molecule has 0 spiro atoms. The van der Waals surface area contributed by atoms with Gasteiger partial charge in [0.2, 0.25) is 0 Å². The zero-order chi connectivity index (χ0) is 37.0. The van der Waals surface area contributed by atoms with Crippen LogP contribution in [0.4, 0.5) is 0 Å². The molecule has 5 heteroatoms. The van der Waals surface area contributed by atoms with Gasteiger partial charge in [-0.3, -0.25) is 0 Å².